The number of hydrogen-bond donors (Lipinski definition) is 1. The summed E-state index contributed by atoms with van der Waals surface area (Å²) in [6.45, 7) is 1.17. The lowest BCUT2D eigenvalue weighted by molar-refractivity contribution is -0.144. The van der Waals surface area contributed by atoms with E-state index in [0.29, 0.717) is 5.56 Å². The Bertz CT molecular complexity index is 579. The third kappa shape index (κ3) is 6.47. The lowest BCUT2D eigenvalue weighted by atomic mass is 10.2. The van der Waals surface area contributed by atoms with Gasteiger partial charge in [-0.1, -0.05) is 18.2 Å². The lowest BCUT2D eigenvalue weighted by Gasteiger charge is -2.04. The van der Waals surface area contributed by atoms with Gasteiger partial charge in [0.1, 0.15) is 0 Å². The Morgan fingerprint density at radius 1 is 1.00 bits per heavy atom. The summed E-state index contributed by atoms with van der Waals surface area (Å²) >= 11 is 0. The summed E-state index contributed by atoms with van der Waals surface area (Å²) in [5.41, 5.74) is 0.310. The zero-order valence-corrected chi connectivity index (χ0v) is 11.9. The highest BCUT2D eigenvalue weighted by Gasteiger charge is 2.11. The molecule has 0 radical (unpaired) electrons. The summed E-state index contributed by atoms with van der Waals surface area (Å²) in [7, 11) is 0. The molecule has 0 aromatic heterocycles. The van der Waals surface area contributed by atoms with Gasteiger partial charge in [0.25, 0.3) is 11.8 Å². The molecular weight excluding hydrogens is 290 g/mol. The number of carbonyl (C=O) groups excluding carboxylic acids is 4. The second-order valence-corrected chi connectivity index (χ2v) is 3.94. The molecule has 0 fully saturated rings. The smallest absolute Gasteiger partial charge is 0.331 e. The molecule has 1 aromatic carbocycles. The molecule has 0 unspecified atom stereocenters. The van der Waals surface area contributed by atoms with Crippen LogP contribution in [0.2, 0.25) is 0 Å². The van der Waals surface area contributed by atoms with Crippen molar-refractivity contribution < 1.29 is 28.7 Å². The molecule has 7 nitrogen and oxygen atoms in total. The fraction of sp³-hybridized carbons (Fsp3) is 0.200. The van der Waals surface area contributed by atoms with Gasteiger partial charge in [0, 0.05) is 17.7 Å². The Balaban J connectivity index is 2.35. The maximum Gasteiger partial charge on any atom is 0.331 e. The van der Waals surface area contributed by atoms with Crippen molar-refractivity contribution in [3.05, 3.63) is 48.0 Å². The van der Waals surface area contributed by atoms with Crippen molar-refractivity contribution in [3.8, 4) is 0 Å². The number of amides is 2. The van der Waals surface area contributed by atoms with E-state index in [4.69, 9.17) is 0 Å². The molecule has 0 aliphatic carbocycles. The molecule has 1 N–H and O–H groups in total. The second-order valence-electron chi connectivity index (χ2n) is 3.94. The van der Waals surface area contributed by atoms with Gasteiger partial charge in [0.05, 0.1) is 6.61 Å². The van der Waals surface area contributed by atoms with Crippen LogP contribution in [0.25, 0.3) is 0 Å². The minimum atomic E-state index is -0.893. The summed E-state index contributed by atoms with van der Waals surface area (Å²) in [5.74, 6) is -2.95. The van der Waals surface area contributed by atoms with E-state index in [1.54, 1.807) is 25.1 Å². The first-order chi connectivity index (χ1) is 10.5. The summed E-state index contributed by atoms with van der Waals surface area (Å²) in [4.78, 5) is 45.3. The lowest BCUT2D eigenvalue weighted by Crippen LogP contribution is -2.34. The Labute approximate surface area is 126 Å². The van der Waals surface area contributed by atoms with Gasteiger partial charge >= 0.3 is 11.9 Å². The topological polar surface area (TPSA) is 98.8 Å². The highest BCUT2D eigenvalue weighted by Crippen LogP contribution is 1.97. The zero-order valence-electron chi connectivity index (χ0n) is 11.9. The normalized spacial score (nSPS) is 10.0. The third-order valence-electron chi connectivity index (χ3n) is 2.28. The predicted octanol–water partition coefficient (Wildman–Crippen LogP) is 0.605. The van der Waals surface area contributed by atoms with Crippen LogP contribution in [0.4, 0.5) is 0 Å². The van der Waals surface area contributed by atoms with Gasteiger partial charge in [0.15, 0.2) is 6.61 Å². The van der Waals surface area contributed by atoms with E-state index in [2.05, 4.69) is 14.8 Å². The average Bonchev–Trinajstić information content (AvgIpc) is 2.52. The standard InChI is InChI=1S/C15H15NO6/c1-2-21-13(18)8-9-14(19)22-10-12(17)16-15(20)11-6-4-3-5-7-11/h3-9H,2,10H2,1H3,(H,16,17,20)/b9-8+. The van der Waals surface area contributed by atoms with Crippen LogP contribution in [-0.2, 0) is 23.9 Å². The molecule has 0 bridgehead atoms. The number of esters is 2. The van der Waals surface area contributed by atoms with Crippen LogP contribution in [0.3, 0.4) is 0 Å². The number of hydrogen-bond acceptors (Lipinski definition) is 6. The molecule has 0 spiro atoms. The first kappa shape index (κ1) is 17.1. The SMILES string of the molecule is CCOC(=O)/C=C/C(=O)OCC(=O)NC(=O)c1ccccc1. The molecule has 0 saturated carbocycles. The monoisotopic (exact) mass is 305 g/mol. The van der Waals surface area contributed by atoms with Crippen LogP contribution in [0.15, 0.2) is 42.5 Å². The number of carbonyl (C=O) groups is 4. The molecule has 0 aliphatic rings. The van der Waals surface area contributed by atoms with Gasteiger partial charge in [-0.15, -0.1) is 0 Å². The molecule has 1 rings (SSSR count). The number of rotatable bonds is 6. The maximum atomic E-state index is 11.6. The van der Waals surface area contributed by atoms with Crippen molar-refractivity contribution in [3.63, 3.8) is 0 Å². The van der Waals surface area contributed by atoms with Gasteiger partial charge < -0.3 is 9.47 Å². The van der Waals surface area contributed by atoms with Crippen molar-refractivity contribution in [1.29, 1.82) is 0 Å². The Kier molecular flexibility index (Phi) is 7.04. The number of nitrogens with one attached hydrogen (secondary N) is 1. The van der Waals surface area contributed by atoms with Crippen LogP contribution in [0, 0.1) is 0 Å². The van der Waals surface area contributed by atoms with Crippen molar-refractivity contribution in [1.82, 2.24) is 5.32 Å². The molecular formula is C15H15NO6. The molecule has 22 heavy (non-hydrogen) atoms. The van der Waals surface area contributed by atoms with E-state index in [-0.39, 0.29) is 6.61 Å². The zero-order chi connectivity index (χ0) is 16.4. The number of imide groups is 1. The quantitative estimate of drug-likeness (QED) is 0.610. The molecule has 0 atom stereocenters. The third-order valence-corrected chi connectivity index (χ3v) is 2.28. The molecule has 0 aliphatic heterocycles. The van der Waals surface area contributed by atoms with Crippen LogP contribution in [0.5, 0.6) is 0 Å². The minimum absolute atomic E-state index is 0.183. The maximum absolute atomic E-state index is 11.6. The van der Waals surface area contributed by atoms with Gasteiger partial charge in [-0.05, 0) is 19.1 Å². The first-order valence-corrected chi connectivity index (χ1v) is 6.43. The number of benzene rings is 1. The molecule has 7 heteroatoms. The van der Waals surface area contributed by atoms with Crippen LogP contribution >= 0.6 is 0 Å². The minimum Gasteiger partial charge on any atom is -0.463 e. The van der Waals surface area contributed by atoms with E-state index in [1.165, 1.54) is 12.1 Å². The van der Waals surface area contributed by atoms with Crippen LogP contribution < -0.4 is 5.32 Å². The molecule has 1 aromatic rings. The van der Waals surface area contributed by atoms with Crippen molar-refractivity contribution >= 4 is 23.8 Å². The van der Waals surface area contributed by atoms with Crippen LogP contribution in [-0.4, -0.2) is 37.0 Å². The van der Waals surface area contributed by atoms with Crippen molar-refractivity contribution in [2.45, 2.75) is 6.92 Å². The summed E-state index contributed by atoms with van der Waals surface area (Å²) < 4.78 is 9.13. The summed E-state index contributed by atoms with van der Waals surface area (Å²) in [6, 6.07) is 8.11. The second kappa shape index (κ2) is 9.06. The predicted molar refractivity (Wildman–Crippen MR) is 75.6 cm³/mol. The van der Waals surface area contributed by atoms with E-state index in [1.807, 2.05) is 0 Å². The largest absolute Gasteiger partial charge is 0.463 e. The Morgan fingerprint density at radius 2 is 1.59 bits per heavy atom. The average molecular weight is 305 g/mol. The summed E-state index contributed by atoms with van der Waals surface area (Å²) in [6.07, 6.45) is 1.73. The van der Waals surface area contributed by atoms with Gasteiger partial charge in [-0.2, -0.15) is 0 Å². The first-order valence-electron chi connectivity index (χ1n) is 6.43. The fourth-order valence-electron chi connectivity index (χ4n) is 1.34. The Morgan fingerprint density at radius 3 is 2.18 bits per heavy atom. The van der Waals surface area contributed by atoms with E-state index < -0.39 is 30.4 Å². The van der Waals surface area contributed by atoms with Crippen molar-refractivity contribution in [2.24, 2.45) is 0 Å². The van der Waals surface area contributed by atoms with Gasteiger partial charge in [-0.3, -0.25) is 14.9 Å². The molecule has 116 valence electrons. The molecule has 0 heterocycles. The molecule has 2 amide bonds. The Hall–Kier alpha value is -2.96. The highest BCUT2D eigenvalue weighted by atomic mass is 16.5. The van der Waals surface area contributed by atoms with Crippen molar-refractivity contribution in [2.75, 3.05) is 13.2 Å². The van der Waals surface area contributed by atoms with Crippen LogP contribution in [0.1, 0.15) is 17.3 Å². The van der Waals surface area contributed by atoms with Gasteiger partial charge in [-0.25, -0.2) is 9.59 Å². The van der Waals surface area contributed by atoms with E-state index in [9.17, 15) is 19.2 Å². The summed E-state index contributed by atoms with van der Waals surface area (Å²) in [5, 5.41) is 2.07. The highest BCUT2D eigenvalue weighted by molar-refractivity contribution is 6.05. The molecule has 0 saturated heterocycles. The number of ether oxygens (including phenoxy) is 2. The van der Waals surface area contributed by atoms with E-state index in [0.717, 1.165) is 12.2 Å². The fourth-order valence-corrected chi connectivity index (χ4v) is 1.34. The van der Waals surface area contributed by atoms with E-state index >= 15 is 0 Å². The van der Waals surface area contributed by atoms with Gasteiger partial charge in [0.2, 0.25) is 0 Å².